The Morgan fingerprint density at radius 1 is 0.884 bits per heavy atom. The van der Waals surface area contributed by atoms with Gasteiger partial charge in [-0.2, -0.15) is 0 Å². The van der Waals surface area contributed by atoms with E-state index in [2.05, 4.69) is 13.8 Å². The van der Waals surface area contributed by atoms with Gasteiger partial charge in [0.1, 0.15) is 5.78 Å². The zero-order valence-corrected chi connectivity index (χ0v) is 27.6. The van der Waals surface area contributed by atoms with Crippen LogP contribution in [-0.4, -0.2) is 46.5 Å². The Balaban J connectivity index is 1.18. The summed E-state index contributed by atoms with van der Waals surface area (Å²) in [5, 5.41) is 0. The predicted molar refractivity (Wildman–Crippen MR) is 165 cm³/mol. The van der Waals surface area contributed by atoms with E-state index >= 15 is 0 Å². The molecule has 7 aliphatic rings. The van der Waals surface area contributed by atoms with E-state index in [-0.39, 0.29) is 53.0 Å². The fourth-order valence-corrected chi connectivity index (χ4v) is 11.1. The van der Waals surface area contributed by atoms with Crippen molar-refractivity contribution >= 4 is 29.0 Å². The zero-order chi connectivity index (χ0) is 31.1. The highest BCUT2D eigenvalue weighted by atomic mass is 16.2. The molecule has 238 valence electrons. The molecular weight excluding hydrogens is 538 g/mol. The predicted octanol–water partition coefficient (Wildman–Crippen LogP) is 6.62. The maximum absolute atomic E-state index is 14.4. The number of likely N-dealkylation sites (tertiary alicyclic amines) is 1. The number of nitrogens with zero attached hydrogens (tertiary/aromatic N) is 1. The van der Waals surface area contributed by atoms with Crippen molar-refractivity contribution in [2.45, 2.75) is 131 Å². The second kappa shape index (κ2) is 10.9. The Labute approximate surface area is 258 Å². The highest BCUT2D eigenvalue weighted by molar-refractivity contribution is 6.37. The minimum atomic E-state index is -0.589. The summed E-state index contributed by atoms with van der Waals surface area (Å²) < 4.78 is 0. The summed E-state index contributed by atoms with van der Waals surface area (Å²) >= 11 is 0. The van der Waals surface area contributed by atoms with Gasteiger partial charge in [0.15, 0.2) is 11.6 Å². The normalized spacial score (nSPS) is 36.9. The van der Waals surface area contributed by atoms with Crippen LogP contribution in [0, 0.1) is 63.6 Å². The van der Waals surface area contributed by atoms with E-state index in [0.717, 1.165) is 37.0 Å². The van der Waals surface area contributed by atoms with Gasteiger partial charge in [0.05, 0.1) is 6.04 Å². The van der Waals surface area contributed by atoms with Crippen molar-refractivity contribution in [3.63, 3.8) is 0 Å². The molecule has 1 heterocycles. The molecule has 0 N–H and O–H groups in total. The van der Waals surface area contributed by atoms with E-state index in [1.54, 1.807) is 4.90 Å². The first-order valence-electron chi connectivity index (χ1n) is 17.5. The number of fused-ring (bicyclic) bond motifs is 1. The van der Waals surface area contributed by atoms with Gasteiger partial charge in [0.25, 0.3) is 0 Å². The van der Waals surface area contributed by atoms with Crippen molar-refractivity contribution < 1.29 is 24.0 Å². The number of ketones is 4. The summed E-state index contributed by atoms with van der Waals surface area (Å²) in [5.74, 6) is 1.18. The fraction of sp³-hybridized carbons (Fsp3) is 0.865. The molecule has 7 fully saturated rings. The van der Waals surface area contributed by atoms with E-state index in [1.807, 2.05) is 20.8 Å². The van der Waals surface area contributed by atoms with Crippen LogP contribution in [0.25, 0.3) is 0 Å². The number of Topliss-reactive ketones (excluding diaryl/α,β-unsaturated/α-hetero) is 4. The topological polar surface area (TPSA) is 88.6 Å². The Kier molecular flexibility index (Phi) is 7.89. The third-order valence-electron chi connectivity index (χ3n) is 13.3. The standard InChI is InChI=1S/C37H55NO5/c1-21(39)33(42)26(13-22-8-7-9-22)14-30(41)32-31-29(36(31,5)6)20-38(32)34(43)28(35(2,3)4)15-27(40)19-37-16-23-10-24(17-37)12-25(11-23)18-37/h22-26,28-29,31-32H,7-20H2,1-6H3/t23?,24?,25?,26-,28-,29+,31+,32-,37?/m1/s1. The van der Waals surface area contributed by atoms with Gasteiger partial charge >= 0.3 is 0 Å². The summed E-state index contributed by atoms with van der Waals surface area (Å²) in [6.07, 6.45) is 12.3. The van der Waals surface area contributed by atoms with Gasteiger partial charge in [0, 0.05) is 44.6 Å². The van der Waals surface area contributed by atoms with E-state index in [1.165, 1.54) is 45.4 Å². The molecule has 6 heteroatoms. The second-order valence-electron chi connectivity index (χ2n) is 18.0. The molecule has 4 bridgehead atoms. The van der Waals surface area contributed by atoms with E-state index < -0.39 is 34.9 Å². The Morgan fingerprint density at radius 2 is 1.47 bits per heavy atom. The van der Waals surface area contributed by atoms with Crippen molar-refractivity contribution in [2.24, 2.45) is 63.6 Å². The molecule has 0 aromatic heterocycles. The van der Waals surface area contributed by atoms with Gasteiger partial charge in [-0.05, 0) is 96.7 Å². The van der Waals surface area contributed by atoms with Crippen molar-refractivity contribution in [2.75, 3.05) is 6.54 Å². The maximum atomic E-state index is 14.4. The Hall–Kier alpha value is -1.85. The molecule has 1 saturated heterocycles. The van der Waals surface area contributed by atoms with Gasteiger partial charge in [0.2, 0.25) is 11.7 Å². The number of hydrogen-bond acceptors (Lipinski definition) is 5. The highest BCUT2D eigenvalue weighted by Crippen LogP contribution is 2.66. The maximum Gasteiger partial charge on any atom is 0.227 e. The van der Waals surface area contributed by atoms with Gasteiger partial charge in [-0.15, -0.1) is 0 Å². The minimum absolute atomic E-state index is 0.0310. The third-order valence-corrected chi connectivity index (χ3v) is 13.3. The lowest BCUT2D eigenvalue weighted by atomic mass is 9.48. The van der Waals surface area contributed by atoms with Crippen LogP contribution in [0.5, 0.6) is 0 Å². The molecular formula is C37H55NO5. The van der Waals surface area contributed by atoms with Crippen molar-refractivity contribution in [3.05, 3.63) is 0 Å². The summed E-state index contributed by atoms with van der Waals surface area (Å²) in [6, 6.07) is -0.570. The molecule has 0 unspecified atom stereocenters. The summed E-state index contributed by atoms with van der Waals surface area (Å²) in [4.78, 5) is 69.2. The largest absolute Gasteiger partial charge is 0.332 e. The number of rotatable bonds is 12. The average molecular weight is 594 g/mol. The molecule has 1 amide bonds. The smallest absolute Gasteiger partial charge is 0.227 e. The van der Waals surface area contributed by atoms with Gasteiger partial charge in [-0.25, -0.2) is 0 Å². The van der Waals surface area contributed by atoms with Crippen LogP contribution >= 0.6 is 0 Å². The number of carbonyl (C=O) groups is 5. The van der Waals surface area contributed by atoms with Crippen LogP contribution < -0.4 is 0 Å². The van der Waals surface area contributed by atoms with Crippen LogP contribution in [0.3, 0.4) is 0 Å². The van der Waals surface area contributed by atoms with Gasteiger partial charge < -0.3 is 4.90 Å². The monoisotopic (exact) mass is 593 g/mol. The SMILES string of the molecule is CC(=O)C(=O)[C@@H](CC(=O)[C@@H]1[C@@H]2[C@H](CN1C(=O)[C@@H](CC(=O)CC13CC4CC(CC(C4)C1)C3)C(C)(C)C)C2(C)C)CC1CCC1. The summed E-state index contributed by atoms with van der Waals surface area (Å²) in [6.45, 7) is 12.3. The molecule has 1 aliphatic heterocycles. The molecule has 43 heavy (non-hydrogen) atoms. The second-order valence-corrected chi connectivity index (χ2v) is 18.0. The quantitative estimate of drug-likeness (QED) is 0.237. The van der Waals surface area contributed by atoms with Crippen molar-refractivity contribution in [3.8, 4) is 0 Å². The molecule has 6 aliphatic carbocycles. The highest BCUT2D eigenvalue weighted by Gasteiger charge is 2.69. The molecule has 0 aromatic rings. The first-order valence-corrected chi connectivity index (χ1v) is 17.5. The lowest BCUT2D eigenvalue weighted by Gasteiger charge is -2.56. The molecule has 5 atom stereocenters. The number of amides is 1. The first kappa shape index (κ1) is 31.1. The van der Waals surface area contributed by atoms with Crippen molar-refractivity contribution in [1.82, 2.24) is 4.90 Å². The Morgan fingerprint density at radius 3 is 1.95 bits per heavy atom. The lowest BCUT2D eigenvalue weighted by molar-refractivity contribution is -0.149. The van der Waals surface area contributed by atoms with Crippen LogP contribution in [0.4, 0.5) is 0 Å². The molecule has 6 nitrogen and oxygen atoms in total. The van der Waals surface area contributed by atoms with Gasteiger partial charge in [-0.3, -0.25) is 24.0 Å². The summed E-state index contributed by atoms with van der Waals surface area (Å²) in [7, 11) is 0. The van der Waals surface area contributed by atoms with E-state index in [0.29, 0.717) is 25.3 Å². The Bertz CT molecular complexity index is 1150. The van der Waals surface area contributed by atoms with Crippen LogP contribution in [0.2, 0.25) is 0 Å². The molecule has 0 aromatic carbocycles. The van der Waals surface area contributed by atoms with E-state index in [9.17, 15) is 24.0 Å². The fourth-order valence-electron chi connectivity index (χ4n) is 11.1. The first-order chi connectivity index (χ1) is 20.1. The molecule has 0 spiro atoms. The average Bonchev–Trinajstić information content (AvgIpc) is 3.18. The number of carbonyl (C=O) groups excluding carboxylic acids is 5. The molecule has 0 radical (unpaired) electrons. The zero-order valence-electron chi connectivity index (χ0n) is 27.6. The van der Waals surface area contributed by atoms with Crippen LogP contribution in [0.15, 0.2) is 0 Å². The summed E-state index contributed by atoms with van der Waals surface area (Å²) in [5.41, 5.74) is -0.300. The third kappa shape index (κ3) is 5.83. The number of hydrogen-bond donors (Lipinski definition) is 0. The molecule has 7 rings (SSSR count). The van der Waals surface area contributed by atoms with Crippen LogP contribution in [0.1, 0.15) is 125 Å². The number of piperidine rings is 1. The van der Waals surface area contributed by atoms with Crippen molar-refractivity contribution in [1.29, 1.82) is 0 Å². The van der Waals surface area contributed by atoms with E-state index in [4.69, 9.17) is 0 Å². The van der Waals surface area contributed by atoms with Crippen LogP contribution in [-0.2, 0) is 24.0 Å². The molecule has 6 saturated carbocycles. The minimum Gasteiger partial charge on any atom is -0.332 e. The lowest BCUT2D eigenvalue weighted by Crippen LogP contribution is -2.51. The van der Waals surface area contributed by atoms with Gasteiger partial charge in [-0.1, -0.05) is 53.9 Å².